The van der Waals surface area contributed by atoms with E-state index in [0.717, 1.165) is 16.1 Å². The maximum absolute atomic E-state index is 12.4. The van der Waals surface area contributed by atoms with Crippen LogP contribution in [0.5, 0.6) is 0 Å². The number of aromatic nitrogens is 2. The zero-order chi connectivity index (χ0) is 15.6. The van der Waals surface area contributed by atoms with Crippen molar-refractivity contribution in [2.24, 2.45) is 0 Å². The lowest BCUT2D eigenvalue weighted by atomic mass is 10.1. The highest BCUT2D eigenvalue weighted by molar-refractivity contribution is 7.12. The Morgan fingerprint density at radius 2 is 2.09 bits per heavy atom. The zero-order valence-electron chi connectivity index (χ0n) is 12.6. The van der Waals surface area contributed by atoms with E-state index in [1.165, 1.54) is 29.7 Å². The van der Waals surface area contributed by atoms with Crippen LogP contribution in [0.2, 0.25) is 0 Å². The van der Waals surface area contributed by atoms with Gasteiger partial charge in [0.15, 0.2) is 0 Å². The van der Waals surface area contributed by atoms with Crippen molar-refractivity contribution in [3.8, 4) is 5.69 Å². The van der Waals surface area contributed by atoms with E-state index in [1.54, 1.807) is 12.5 Å². The second kappa shape index (κ2) is 6.01. The van der Waals surface area contributed by atoms with Gasteiger partial charge in [0.25, 0.3) is 5.91 Å². The Morgan fingerprint density at radius 3 is 2.78 bits per heavy atom. The molecular formula is C18H17N3OS. The minimum Gasteiger partial charge on any atom is -0.347 e. The lowest BCUT2D eigenvalue weighted by Crippen LogP contribution is -2.22. The van der Waals surface area contributed by atoms with Crippen molar-refractivity contribution in [2.75, 3.05) is 0 Å². The van der Waals surface area contributed by atoms with E-state index in [2.05, 4.69) is 16.4 Å². The normalized spacial score (nSPS) is 13.9. The van der Waals surface area contributed by atoms with Crippen LogP contribution in [0.25, 0.3) is 5.69 Å². The quantitative estimate of drug-likeness (QED) is 0.777. The lowest BCUT2D eigenvalue weighted by Gasteiger charge is -2.07. The third kappa shape index (κ3) is 3.05. The van der Waals surface area contributed by atoms with Crippen LogP contribution >= 0.6 is 11.3 Å². The number of carbonyl (C=O) groups is 1. The fourth-order valence-corrected chi connectivity index (χ4v) is 3.58. The molecule has 116 valence electrons. The van der Waals surface area contributed by atoms with Gasteiger partial charge in [-0.05, 0) is 53.5 Å². The predicted octanol–water partition coefficient (Wildman–Crippen LogP) is 3.74. The van der Waals surface area contributed by atoms with Crippen molar-refractivity contribution >= 4 is 17.2 Å². The molecule has 0 bridgehead atoms. The fourth-order valence-electron chi connectivity index (χ4n) is 2.68. The molecule has 1 aliphatic carbocycles. The van der Waals surface area contributed by atoms with Crippen LogP contribution in [0.3, 0.4) is 0 Å². The molecule has 4 rings (SSSR count). The fraction of sp³-hybridized carbons (Fsp3) is 0.222. The number of carbonyl (C=O) groups excluding carboxylic acids is 1. The largest absolute Gasteiger partial charge is 0.347 e. The van der Waals surface area contributed by atoms with Gasteiger partial charge >= 0.3 is 0 Å². The lowest BCUT2D eigenvalue weighted by molar-refractivity contribution is 0.0954. The van der Waals surface area contributed by atoms with E-state index >= 15 is 0 Å². The third-order valence-corrected chi connectivity index (χ3v) is 5.04. The minimum atomic E-state index is 0.0422. The smallest absolute Gasteiger partial charge is 0.261 e. The summed E-state index contributed by atoms with van der Waals surface area (Å²) in [5.74, 6) is 0.650. The monoisotopic (exact) mass is 323 g/mol. The molecule has 1 aromatic carbocycles. The van der Waals surface area contributed by atoms with Crippen LogP contribution in [0.1, 0.15) is 39.6 Å². The van der Waals surface area contributed by atoms with Crippen molar-refractivity contribution in [1.29, 1.82) is 0 Å². The highest BCUT2D eigenvalue weighted by atomic mass is 32.1. The first-order chi connectivity index (χ1) is 11.3. The number of thiophene rings is 1. The zero-order valence-corrected chi connectivity index (χ0v) is 13.4. The van der Waals surface area contributed by atoms with Crippen LogP contribution in [0.15, 0.2) is 54.4 Å². The molecular weight excluding hydrogens is 306 g/mol. The van der Waals surface area contributed by atoms with Crippen LogP contribution in [-0.4, -0.2) is 15.5 Å². The molecule has 5 heteroatoms. The van der Waals surface area contributed by atoms with Gasteiger partial charge in [-0.2, -0.15) is 0 Å². The van der Waals surface area contributed by atoms with Crippen molar-refractivity contribution in [1.82, 2.24) is 14.9 Å². The summed E-state index contributed by atoms with van der Waals surface area (Å²) in [6.07, 6.45) is 7.87. The highest BCUT2D eigenvalue weighted by Gasteiger charge is 2.28. The van der Waals surface area contributed by atoms with Gasteiger partial charge in [-0.1, -0.05) is 12.1 Å². The average molecular weight is 323 g/mol. The second-order valence-corrected chi connectivity index (χ2v) is 6.71. The number of nitrogens with one attached hydrogen (secondary N) is 1. The summed E-state index contributed by atoms with van der Waals surface area (Å²) in [7, 11) is 0. The molecule has 1 aliphatic rings. The maximum atomic E-state index is 12.4. The van der Waals surface area contributed by atoms with Gasteiger partial charge in [-0.3, -0.25) is 4.79 Å². The molecule has 23 heavy (non-hydrogen) atoms. The van der Waals surface area contributed by atoms with E-state index in [0.29, 0.717) is 12.5 Å². The molecule has 0 radical (unpaired) electrons. The summed E-state index contributed by atoms with van der Waals surface area (Å²) in [6, 6.07) is 10.2. The number of imidazole rings is 1. The molecule has 1 amide bonds. The summed E-state index contributed by atoms with van der Waals surface area (Å²) >= 11 is 1.54. The Kier molecular flexibility index (Phi) is 3.71. The van der Waals surface area contributed by atoms with Gasteiger partial charge in [0.1, 0.15) is 0 Å². The number of hydrogen-bond donors (Lipinski definition) is 1. The first-order valence-electron chi connectivity index (χ1n) is 7.74. The van der Waals surface area contributed by atoms with Gasteiger partial charge in [-0.15, -0.1) is 11.3 Å². The maximum Gasteiger partial charge on any atom is 0.261 e. The second-order valence-electron chi connectivity index (χ2n) is 5.80. The van der Waals surface area contributed by atoms with Gasteiger partial charge < -0.3 is 9.88 Å². The molecule has 0 unspecified atom stereocenters. The first kappa shape index (κ1) is 14.2. The number of benzene rings is 1. The predicted molar refractivity (Wildman–Crippen MR) is 91.0 cm³/mol. The average Bonchev–Trinajstić information content (AvgIpc) is 3.09. The van der Waals surface area contributed by atoms with Gasteiger partial charge in [0.2, 0.25) is 0 Å². The topological polar surface area (TPSA) is 46.9 Å². The molecule has 1 saturated carbocycles. The van der Waals surface area contributed by atoms with Crippen molar-refractivity contribution < 1.29 is 4.79 Å². The van der Waals surface area contributed by atoms with Crippen molar-refractivity contribution in [3.05, 3.63) is 70.4 Å². The highest BCUT2D eigenvalue weighted by Crippen LogP contribution is 2.43. The minimum absolute atomic E-state index is 0.0422. The molecule has 2 aromatic heterocycles. The van der Waals surface area contributed by atoms with E-state index in [-0.39, 0.29) is 5.91 Å². The van der Waals surface area contributed by atoms with Crippen molar-refractivity contribution in [3.63, 3.8) is 0 Å². The number of amides is 1. The Bertz CT molecular complexity index is 801. The number of nitrogens with zero attached hydrogens (tertiary/aromatic N) is 2. The molecule has 0 spiro atoms. The number of rotatable bonds is 5. The SMILES string of the molecule is O=C(NCc1ccc(-n2ccnc2)cc1)c1sccc1C1CC1. The van der Waals surface area contributed by atoms with Gasteiger partial charge in [-0.25, -0.2) is 4.98 Å². The summed E-state index contributed by atoms with van der Waals surface area (Å²) < 4.78 is 1.95. The van der Waals surface area contributed by atoms with Crippen LogP contribution in [0, 0.1) is 0 Å². The molecule has 2 heterocycles. The molecule has 1 fully saturated rings. The molecule has 0 atom stereocenters. The summed E-state index contributed by atoms with van der Waals surface area (Å²) in [4.78, 5) is 17.3. The molecule has 0 saturated heterocycles. The Hall–Kier alpha value is -2.40. The third-order valence-electron chi connectivity index (χ3n) is 4.11. The van der Waals surface area contributed by atoms with Crippen LogP contribution in [-0.2, 0) is 6.54 Å². The van der Waals surface area contributed by atoms with E-state index in [9.17, 15) is 4.79 Å². The summed E-state index contributed by atoms with van der Waals surface area (Å²) in [5.41, 5.74) is 3.38. The Morgan fingerprint density at radius 1 is 1.26 bits per heavy atom. The van der Waals surface area contributed by atoms with E-state index < -0.39 is 0 Å². The Balaban J connectivity index is 1.40. The first-order valence-corrected chi connectivity index (χ1v) is 8.62. The molecule has 4 nitrogen and oxygen atoms in total. The van der Waals surface area contributed by atoms with E-state index in [1.807, 2.05) is 40.4 Å². The summed E-state index contributed by atoms with van der Waals surface area (Å²) in [5, 5.41) is 5.05. The number of hydrogen-bond acceptors (Lipinski definition) is 3. The standard InChI is InChI=1S/C18H17N3OS/c22-18(17-16(7-10-23-17)14-3-4-14)20-11-13-1-5-15(6-2-13)21-9-8-19-12-21/h1-2,5-10,12,14H,3-4,11H2,(H,20,22). The summed E-state index contributed by atoms with van der Waals surface area (Å²) in [6.45, 7) is 0.547. The van der Waals surface area contributed by atoms with Crippen LogP contribution in [0.4, 0.5) is 0 Å². The van der Waals surface area contributed by atoms with Gasteiger partial charge in [0.05, 0.1) is 11.2 Å². The van der Waals surface area contributed by atoms with Crippen LogP contribution < -0.4 is 5.32 Å². The van der Waals surface area contributed by atoms with Crippen molar-refractivity contribution in [2.45, 2.75) is 25.3 Å². The Labute approximate surface area is 138 Å². The molecule has 3 aromatic rings. The van der Waals surface area contributed by atoms with Gasteiger partial charge in [0, 0.05) is 24.6 Å². The molecule has 1 N–H and O–H groups in total. The van der Waals surface area contributed by atoms with E-state index in [4.69, 9.17) is 0 Å². The molecule has 0 aliphatic heterocycles.